The molecule has 0 aliphatic carbocycles. The molecule has 37 heavy (non-hydrogen) atoms. The summed E-state index contributed by atoms with van der Waals surface area (Å²) in [4.78, 5) is 35.8. The van der Waals surface area contributed by atoms with Gasteiger partial charge in [0.2, 0.25) is 0 Å². The lowest BCUT2D eigenvalue weighted by atomic mass is 9.92. The van der Waals surface area contributed by atoms with Gasteiger partial charge in [-0.25, -0.2) is 9.79 Å². The minimum absolute atomic E-state index is 0.170. The average molecular weight is 516 g/mol. The van der Waals surface area contributed by atoms with Gasteiger partial charge in [0.05, 0.1) is 36.6 Å². The number of benzene rings is 2. The van der Waals surface area contributed by atoms with Gasteiger partial charge < -0.3 is 19.2 Å². The maximum atomic E-state index is 13.9. The van der Waals surface area contributed by atoms with Crippen LogP contribution in [-0.2, 0) is 9.53 Å². The van der Waals surface area contributed by atoms with Gasteiger partial charge in [0.15, 0.2) is 16.3 Å². The fourth-order valence-corrected chi connectivity index (χ4v) is 5.43. The van der Waals surface area contributed by atoms with Crippen LogP contribution < -0.4 is 24.4 Å². The van der Waals surface area contributed by atoms with Crippen molar-refractivity contribution >= 4 is 29.1 Å². The maximum Gasteiger partial charge on any atom is 0.338 e. The molecule has 1 aliphatic heterocycles. The first kappa shape index (κ1) is 24.3. The summed E-state index contributed by atoms with van der Waals surface area (Å²) in [5.74, 6) is 0.346. The van der Waals surface area contributed by atoms with E-state index in [0.29, 0.717) is 32.1 Å². The van der Waals surface area contributed by atoms with Crippen molar-refractivity contribution in [3.63, 3.8) is 0 Å². The Morgan fingerprint density at radius 2 is 1.89 bits per heavy atom. The fraction of sp³-hybridized carbons (Fsp3) is 0.179. The molecule has 3 heterocycles. The van der Waals surface area contributed by atoms with Gasteiger partial charge in [-0.15, -0.1) is 0 Å². The second kappa shape index (κ2) is 10.3. The highest BCUT2D eigenvalue weighted by atomic mass is 32.1. The highest BCUT2D eigenvalue weighted by Crippen LogP contribution is 2.42. The van der Waals surface area contributed by atoms with E-state index in [9.17, 15) is 9.59 Å². The number of ether oxygens (including phenoxy) is 3. The first-order valence-corrected chi connectivity index (χ1v) is 12.5. The van der Waals surface area contributed by atoms with E-state index < -0.39 is 12.0 Å². The Balaban J connectivity index is 1.89. The number of hydrogen-bond donors (Lipinski definition) is 1. The Hall–Kier alpha value is -4.37. The highest BCUT2D eigenvalue weighted by molar-refractivity contribution is 7.07. The van der Waals surface area contributed by atoms with Crippen molar-refractivity contribution in [2.24, 2.45) is 4.99 Å². The van der Waals surface area contributed by atoms with Crippen LogP contribution in [0.5, 0.6) is 11.5 Å². The SMILES string of the molecule is CCOC(=O)C1=C(c2ccccc2)N=c2s/c(=C\c3ccc[nH]3)c(=O)n2[C@H]1c1cccc(OC)c1OC. The van der Waals surface area contributed by atoms with Crippen molar-refractivity contribution < 1.29 is 19.0 Å². The molecule has 0 amide bonds. The predicted octanol–water partition coefficient (Wildman–Crippen LogP) is 3.28. The van der Waals surface area contributed by atoms with E-state index in [1.807, 2.05) is 48.5 Å². The molecule has 4 aromatic rings. The lowest BCUT2D eigenvalue weighted by molar-refractivity contribution is -0.138. The summed E-state index contributed by atoms with van der Waals surface area (Å²) >= 11 is 1.26. The Bertz CT molecular complexity index is 1650. The summed E-state index contributed by atoms with van der Waals surface area (Å²) in [6, 6.07) is 17.7. The van der Waals surface area contributed by atoms with E-state index in [1.54, 1.807) is 38.4 Å². The molecule has 8 nitrogen and oxygen atoms in total. The molecule has 0 unspecified atom stereocenters. The van der Waals surface area contributed by atoms with Crippen molar-refractivity contribution in [2.75, 3.05) is 20.8 Å². The molecule has 1 aliphatic rings. The number of aromatic nitrogens is 2. The summed E-state index contributed by atoms with van der Waals surface area (Å²) in [6.45, 7) is 1.91. The zero-order valence-corrected chi connectivity index (χ0v) is 21.4. The smallest absolute Gasteiger partial charge is 0.338 e. The van der Waals surface area contributed by atoms with Crippen LogP contribution in [0, 0.1) is 0 Å². The third kappa shape index (κ3) is 4.38. The number of nitrogens with one attached hydrogen (secondary N) is 1. The van der Waals surface area contributed by atoms with Crippen LogP contribution in [-0.4, -0.2) is 36.3 Å². The first-order valence-electron chi connectivity index (χ1n) is 11.7. The number of thiazole rings is 1. The van der Waals surface area contributed by atoms with Gasteiger partial charge in [0.25, 0.3) is 5.56 Å². The van der Waals surface area contributed by atoms with Crippen LogP contribution in [0.4, 0.5) is 0 Å². The van der Waals surface area contributed by atoms with Crippen molar-refractivity contribution in [3.8, 4) is 11.5 Å². The van der Waals surface area contributed by atoms with Gasteiger partial charge in [-0.2, -0.15) is 0 Å². The van der Waals surface area contributed by atoms with E-state index in [2.05, 4.69) is 4.98 Å². The van der Waals surface area contributed by atoms with E-state index in [4.69, 9.17) is 19.2 Å². The molecule has 0 saturated heterocycles. The number of aromatic amines is 1. The minimum Gasteiger partial charge on any atom is -0.493 e. The predicted molar refractivity (Wildman–Crippen MR) is 141 cm³/mol. The van der Waals surface area contributed by atoms with Crippen molar-refractivity contribution in [1.29, 1.82) is 0 Å². The largest absolute Gasteiger partial charge is 0.493 e. The minimum atomic E-state index is -0.860. The van der Waals surface area contributed by atoms with E-state index in [-0.39, 0.29) is 17.7 Å². The Morgan fingerprint density at radius 1 is 1.08 bits per heavy atom. The van der Waals surface area contributed by atoms with Gasteiger partial charge in [-0.3, -0.25) is 9.36 Å². The summed E-state index contributed by atoms with van der Waals surface area (Å²) in [5.41, 5.74) is 2.52. The molecule has 2 aromatic carbocycles. The number of nitrogens with zero attached hydrogens (tertiary/aromatic N) is 2. The van der Waals surface area contributed by atoms with Gasteiger partial charge in [0, 0.05) is 23.0 Å². The molecule has 1 atom stereocenters. The summed E-state index contributed by atoms with van der Waals surface area (Å²) in [5, 5.41) is 0. The quantitative estimate of drug-likeness (QED) is 0.381. The Morgan fingerprint density at radius 3 is 2.57 bits per heavy atom. The number of esters is 1. The van der Waals surface area contributed by atoms with Crippen LogP contribution >= 0.6 is 11.3 Å². The Labute approximate surface area is 216 Å². The van der Waals surface area contributed by atoms with Crippen LogP contribution in [0.25, 0.3) is 11.8 Å². The molecular weight excluding hydrogens is 490 g/mol. The molecular formula is C28H25N3O5S. The van der Waals surface area contributed by atoms with Crippen LogP contribution in [0.1, 0.15) is 29.8 Å². The van der Waals surface area contributed by atoms with Gasteiger partial charge >= 0.3 is 5.97 Å². The lowest BCUT2D eigenvalue weighted by Crippen LogP contribution is -2.40. The summed E-state index contributed by atoms with van der Waals surface area (Å²) in [6.07, 6.45) is 3.57. The molecule has 1 N–H and O–H groups in total. The molecule has 0 fully saturated rings. The van der Waals surface area contributed by atoms with E-state index >= 15 is 0 Å². The molecule has 0 spiro atoms. The normalized spacial score (nSPS) is 15.2. The van der Waals surface area contributed by atoms with Crippen molar-refractivity contribution in [3.05, 3.63) is 109 Å². The standard InChI is InChI=1S/C28H25N3O5S/c1-4-36-27(33)22-23(17-10-6-5-7-11-17)30-28-31(26(32)21(37-28)16-18-12-9-15-29-18)24(22)19-13-8-14-20(34-2)25(19)35-3/h5-16,24,29H,4H2,1-3H3/b21-16-/t24-/m0/s1. The van der Waals surface area contributed by atoms with Crippen molar-refractivity contribution in [2.45, 2.75) is 13.0 Å². The van der Waals surface area contributed by atoms with E-state index in [1.165, 1.54) is 23.0 Å². The number of carbonyl (C=O) groups excluding carboxylic acids is 1. The molecule has 2 aromatic heterocycles. The number of H-pyrrole nitrogens is 1. The number of rotatable bonds is 7. The second-order valence-electron chi connectivity index (χ2n) is 8.14. The second-order valence-corrected chi connectivity index (χ2v) is 9.15. The zero-order valence-electron chi connectivity index (χ0n) is 20.6. The average Bonchev–Trinajstić information content (AvgIpc) is 3.55. The molecule has 188 valence electrons. The summed E-state index contributed by atoms with van der Waals surface area (Å²) in [7, 11) is 3.07. The van der Waals surface area contributed by atoms with Crippen LogP contribution in [0.2, 0.25) is 0 Å². The highest BCUT2D eigenvalue weighted by Gasteiger charge is 2.37. The maximum absolute atomic E-state index is 13.9. The monoisotopic (exact) mass is 515 g/mol. The third-order valence-corrected chi connectivity index (χ3v) is 6.99. The van der Waals surface area contributed by atoms with E-state index in [0.717, 1.165) is 11.3 Å². The summed E-state index contributed by atoms with van der Waals surface area (Å²) < 4.78 is 18.8. The van der Waals surface area contributed by atoms with Crippen LogP contribution in [0.15, 0.2) is 82.2 Å². The lowest BCUT2D eigenvalue weighted by Gasteiger charge is -2.27. The molecule has 0 radical (unpaired) electrons. The van der Waals surface area contributed by atoms with Crippen LogP contribution in [0.3, 0.4) is 0 Å². The molecule has 5 rings (SSSR count). The number of para-hydroxylation sites is 1. The number of carbonyl (C=O) groups is 1. The van der Waals surface area contributed by atoms with Crippen molar-refractivity contribution in [1.82, 2.24) is 9.55 Å². The molecule has 0 bridgehead atoms. The number of fused-ring (bicyclic) bond motifs is 1. The fourth-order valence-electron chi connectivity index (χ4n) is 4.44. The number of methoxy groups -OCH3 is 2. The zero-order chi connectivity index (χ0) is 25.9. The number of hydrogen-bond acceptors (Lipinski definition) is 7. The van der Waals surface area contributed by atoms with Gasteiger partial charge in [0.1, 0.15) is 6.04 Å². The van der Waals surface area contributed by atoms with Gasteiger partial charge in [-0.05, 0) is 31.2 Å². The molecule has 0 saturated carbocycles. The molecule has 9 heteroatoms. The third-order valence-electron chi connectivity index (χ3n) is 6.01. The first-order chi connectivity index (χ1) is 18.1. The topological polar surface area (TPSA) is 94.9 Å². The Kier molecular flexibility index (Phi) is 6.78. The van der Waals surface area contributed by atoms with Gasteiger partial charge in [-0.1, -0.05) is 53.8 Å².